The van der Waals surface area contributed by atoms with Crippen molar-refractivity contribution in [2.24, 2.45) is 5.41 Å². The molecule has 9 rings (SSSR count). The molecule has 46 heavy (non-hydrogen) atoms. The predicted molar refractivity (Wildman–Crippen MR) is 192 cm³/mol. The number of benzene rings is 5. The van der Waals surface area contributed by atoms with Gasteiger partial charge in [-0.05, 0) is 89.7 Å². The molecule has 0 amide bonds. The van der Waals surface area contributed by atoms with E-state index in [1.165, 1.54) is 42.4 Å². The fourth-order valence-electron chi connectivity index (χ4n) is 7.83. The van der Waals surface area contributed by atoms with Gasteiger partial charge in [-0.2, -0.15) is 10.5 Å². The van der Waals surface area contributed by atoms with Gasteiger partial charge in [0.1, 0.15) is 0 Å². The smallest absolute Gasteiger partial charge is 0.0991 e. The summed E-state index contributed by atoms with van der Waals surface area (Å²) < 4.78 is 4.88. The van der Waals surface area contributed by atoms with E-state index >= 15 is 0 Å². The van der Waals surface area contributed by atoms with Gasteiger partial charge in [-0.1, -0.05) is 74.5 Å². The van der Waals surface area contributed by atoms with Crippen LogP contribution in [0.1, 0.15) is 49.4 Å². The van der Waals surface area contributed by atoms with Gasteiger partial charge >= 0.3 is 0 Å². The fraction of sp³-hybridized carbons (Fsp3) is 0.143. The molecule has 0 N–H and O–H groups in total. The lowest BCUT2D eigenvalue weighted by Gasteiger charge is -2.27. The number of allylic oxidation sites excluding steroid dienone is 4. The molecule has 0 saturated heterocycles. The summed E-state index contributed by atoms with van der Waals surface area (Å²) in [6.45, 7) is 6.69. The third-order valence-corrected chi connectivity index (χ3v) is 11.4. The Morgan fingerprint density at radius 3 is 2.33 bits per heavy atom. The Morgan fingerprint density at radius 2 is 1.48 bits per heavy atom. The molecule has 1 unspecified atom stereocenters. The molecule has 0 fully saturated rings. The van der Waals surface area contributed by atoms with Crippen LogP contribution < -0.4 is 0 Å². The van der Waals surface area contributed by atoms with Crippen LogP contribution in [0.3, 0.4) is 0 Å². The van der Waals surface area contributed by atoms with Gasteiger partial charge in [-0.25, -0.2) is 0 Å². The van der Waals surface area contributed by atoms with Gasteiger partial charge in [0.15, 0.2) is 0 Å². The summed E-state index contributed by atoms with van der Waals surface area (Å²) in [5.74, 6) is 0. The zero-order chi connectivity index (χ0) is 31.4. The Balaban J connectivity index is 1.28. The van der Waals surface area contributed by atoms with Gasteiger partial charge in [-0.15, -0.1) is 11.3 Å². The van der Waals surface area contributed by atoms with E-state index in [1.54, 1.807) is 0 Å². The summed E-state index contributed by atoms with van der Waals surface area (Å²) in [6.07, 6.45) is 5.01. The highest BCUT2D eigenvalue weighted by atomic mass is 32.1. The van der Waals surface area contributed by atoms with Crippen molar-refractivity contribution < 1.29 is 0 Å². The Hall–Kier alpha value is -5.42. The molecule has 3 nitrogen and oxygen atoms in total. The lowest BCUT2D eigenvalue weighted by Crippen LogP contribution is -2.16. The zero-order valence-corrected chi connectivity index (χ0v) is 26.7. The highest BCUT2D eigenvalue weighted by Gasteiger charge is 2.36. The van der Waals surface area contributed by atoms with E-state index in [-0.39, 0.29) is 5.41 Å². The number of thiophene rings is 1. The van der Waals surface area contributed by atoms with Gasteiger partial charge in [0.25, 0.3) is 0 Å². The molecule has 4 heteroatoms. The van der Waals surface area contributed by atoms with Crippen LogP contribution >= 0.6 is 11.3 Å². The van der Waals surface area contributed by atoms with Crippen LogP contribution in [0.2, 0.25) is 0 Å². The fourth-order valence-corrected chi connectivity index (χ4v) is 8.94. The Morgan fingerprint density at radius 1 is 0.696 bits per heavy atom. The van der Waals surface area contributed by atoms with E-state index in [4.69, 9.17) is 0 Å². The molecule has 2 aliphatic rings. The first-order valence-electron chi connectivity index (χ1n) is 15.7. The highest BCUT2D eigenvalue weighted by molar-refractivity contribution is 7.25. The van der Waals surface area contributed by atoms with E-state index in [2.05, 4.69) is 128 Å². The number of hydrogen-bond acceptors (Lipinski definition) is 3. The van der Waals surface area contributed by atoms with Crippen molar-refractivity contribution in [2.45, 2.75) is 32.6 Å². The second kappa shape index (κ2) is 9.30. The second-order valence-electron chi connectivity index (χ2n) is 13.5. The normalized spacial score (nSPS) is 18.3. The third-order valence-electron chi connectivity index (χ3n) is 10.2. The van der Waals surface area contributed by atoms with E-state index < -0.39 is 5.41 Å². The second-order valence-corrected chi connectivity index (χ2v) is 14.5. The monoisotopic (exact) mass is 607 g/mol. The average molecular weight is 608 g/mol. The van der Waals surface area contributed by atoms with Gasteiger partial charge in [0.05, 0.1) is 34.2 Å². The van der Waals surface area contributed by atoms with Crippen molar-refractivity contribution in [3.63, 3.8) is 0 Å². The zero-order valence-electron chi connectivity index (χ0n) is 25.8. The topological polar surface area (TPSA) is 52.5 Å². The molecule has 218 valence electrons. The summed E-state index contributed by atoms with van der Waals surface area (Å²) in [5, 5.41) is 24.6. The Labute approximate surface area is 271 Å². The van der Waals surface area contributed by atoms with Crippen molar-refractivity contribution in [3.05, 3.63) is 131 Å². The van der Waals surface area contributed by atoms with Gasteiger partial charge < -0.3 is 4.57 Å². The standard InChI is InChI=1S/C42H29N3S/c1-41(2)34-10-6-4-8-27(34)29-20-32-31-19-26(13-15-39(31)46-40(32)21-35(29)41)33-22-42(3,24-44)17-16-38(33)45-36-11-7-5-9-28(36)30-18-25(23-43)12-14-37(30)45/h4-16,18-22H,17H2,1-3H3. The summed E-state index contributed by atoms with van der Waals surface area (Å²) in [6, 6.07) is 39.7. The van der Waals surface area contributed by atoms with Crippen molar-refractivity contribution in [1.82, 2.24) is 4.57 Å². The summed E-state index contributed by atoms with van der Waals surface area (Å²) in [5.41, 5.74) is 10.8. The molecule has 7 aromatic rings. The summed E-state index contributed by atoms with van der Waals surface area (Å²) >= 11 is 1.85. The first kappa shape index (κ1) is 26.9. The molecule has 2 aromatic heterocycles. The molecular formula is C42H29N3S. The van der Waals surface area contributed by atoms with E-state index in [0.29, 0.717) is 12.0 Å². The lowest BCUT2D eigenvalue weighted by atomic mass is 9.79. The van der Waals surface area contributed by atoms with Crippen molar-refractivity contribution in [3.8, 4) is 23.3 Å². The third kappa shape index (κ3) is 3.63. The maximum atomic E-state index is 10.3. The molecule has 0 saturated carbocycles. The molecule has 0 aliphatic heterocycles. The minimum absolute atomic E-state index is 0.0356. The molecule has 0 spiro atoms. The lowest BCUT2D eigenvalue weighted by molar-refractivity contribution is 0.575. The van der Waals surface area contributed by atoms with Gasteiger partial charge in [-0.3, -0.25) is 0 Å². The number of rotatable bonds is 2. The van der Waals surface area contributed by atoms with Crippen LogP contribution in [0.5, 0.6) is 0 Å². The maximum absolute atomic E-state index is 10.3. The number of fused-ring (bicyclic) bond motifs is 9. The van der Waals surface area contributed by atoms with Crippen molar-refractivity contribution in [2.75, 3.05) is 0 Å². The first-order valence-corrected chi connectivity index (χ1v) is 16.5. The maximum Gasteiger partial charge on any atom is 0.0991 e. The van der Waals surface area contributed by atoms with E-state index in [0.717, 1.165) is 38.6 Å². The van der Waals surface area contributed by atoms with Crippen LogP contribution in [-0.2, 0) is 5.41 Å². The highest BCUT2D eigenvalue weighted by Crippen LogP contribution is 2.52. The summed E-state index contributed by atoms with van der Waals surface area (Å²) in [7, 11) is 0. The molecular weight excluding hydrogens is 579 g/mol. The van der Waals surface area contributed by atoms with Crippen LogP contribution in [0, 0.1) is 28.1 Å². The van der Waals surface area contributed by atoms with E-state index in [1.807, 2.05) is 30.4 Å². The van der Waals surface area contributed by atoms with Crippen molar-refractivity contribution >= 4 is 64.6 Å². The number of hydrogen-bond donors (Lipinski definition) is 0. The molecule has 2 heterocycles. The number of aromatic nitrogens is 1. The number of nitrogens with zero attached hydrogens (tertiary/aromatic N) is 3. The average Bonchev–Trinajstić information content (AvgIpc) is 3.69. The first-order chi connectivity index (χ1) is 22.3. The number of para-hydroxylation sites is 1. The molecule has 2 aliphatic carbocycles. The van der Waals surface area contributed by atoms with Gasteiger partial charge in [0.2, 0.25) is 0 Å². The molecule has 0 radical (unpaired) electrons. The quantitative estimate of drug-likeness (QED) is 0.196. The minimum atomic E-state index is -0.618. The van der Waals surface area contributed by atoms with Crippen LogP contribution in [-0.4, -0.2) is 4.57 Å². The predicted octanol–water partition coefficient (Wildman–Crippen LogP) is 11.2. The van der Waals surface area contributed by atoms with Crippen LogP contribution in [0.4, 0.5) is 0 Å². The Bertz CT molecular complexity index is 2630. The summed E-state index contributed by atoms with van der Waals surface area (Å²) in [4.78, 5) is 0. The van der Waals surface area contributed by atoms with Crippen molar-refractivity contribution in [1.29, 1.82) is 10.5 Å². The molecule has 5 aromatic carbocycles. The molecule has 1 atom stereocenters. The molecule has 0 bridgehead atoms. The van der Waals surface area contributed by atoms with Crippen LogP contribution in [0.25, 0.3) is 64.4 Å². The van der Waals surface area contributed by atoms with E-state index in [9.17, 15) is 10.5 Å². The Kier molecular flexibility index (Phi) is 5.45. The van der Waals surface area contributed by atoms with Crippen LogP contribution in [0.15, 0.2) is 109 Å². The minimum Gasteiger partial charge on any atom is -0.309 e. The SMILES string of the molecule is CC1(C#N)C=C(c2ccc3sc4cc5c(cc4c3c2)-c2ccccc2C5(C)C)C(n2c3ccccc3c3cc(C#N)ccc32)=CC1. The largest absolute Gasteiger partial charge is 0.309 e. The van der Waals surface area contributed by atoms with Gasteiger partial charge in [0, 0.05) is 47.6 Å². The number of nitriles is 2.